The number of benzene rings is 1. The number of carbonyl (C=O) groups excluding carboxylic acids is 1. The van der Waals surface area contributed by atoms with Gasteiger partial charge >= 0.3 is 0 Å². The first-order valence-corrected chi connectivity index (χ1v) is 6.47. The highest BCUT2D eigenvalue weighted by Crippen LogP contribution is 2.13. The molecule has 0 bridgehead atoms. The van der Waals surface area contributed by atoms with Crippen LogP contribution in [0, 0.1) is 3.57 Å². The van der Waals surface area contributed by atoms with Crippen molar-refractivity contribution in [2.24, 2.45) is 0 Å². The summed E-state index contributed by atoms with van der Waals surface area (Å²) in [5.74, 6) is 0.528. The number of anilines is 2. The standard InChI is InChI=1S/C13H12IN3O/c1-15-12-8-9(6-7-16-12)13(18)17-11-4-2-10(14)3-5-11/h2-8H,1H3,(H,15,16)(H,17,18). The number of rotatable bonds is 3. The summed E-state index contributed by atoms with van der Waals surface area (Å²) in [6, 6.07) is 11.0. The average molecular weight is 353 g/mol. The Morgan fingerprint density at radius 1 is 1.22 bits per heavy atom. The quantitative estimate of drug-likeness (QED) is 0.835. The third-order valence-corrected chi connectivity index (χ3v) is 3.10. The van der Waals surface area contributed by atoms with Crippen molar-refractivity contribution >= 4 is 40.0 Å². The van der Waals surface area contributed by atoms with Crippen LogP contribution in [0.4, 0.5) is 11.5 Å². The van der Waals surface area contributed by atoms with Crippen LogP contribution in [0.5, 0.6) is 0 Å². The van der Waals surface area contributed by atoms with E-state index < -0.39 is 0 Å². The van der Waals surface area contributed by atoms with Crippen molar-refractivity contribution in [3.05, 3.63) is 51.7 Å². The Morgan fingerprint density at radius 2 is 1.94 bits per heavy atom. The normalized spacial score (nSPS) is 9.89. The van der Waals surface area contributed by atoms with Crippen LogP contribution < -0.4 is 10.6 Å². The van der Waals surface area contributed by atoms with Gasteiger partial charge in [-0.2, -0.15) is 0 Å². The molecular formula is C13H12IN3O. The second kappa shape index (κ2) is 5.81. The van der Waals surface area contributed by atoms with Crippen LogP contribution in [0.3, 0.4) is 0 Å². The van der Waals surface area contributed by atoms with Gasteiger partial charge in [0.05, 0.1) is 0 Å². The molecule has 0 aliphatic rings. The molecule has 0 saturated heterocycles. The highest BCUT2D eigenvalue weighted by atomic mass is 127. The Balaban J connectivity index is 2.14. The lowest BCUT2D eigenvalue weighted by molar-refractivity contribution is 0.102. The first-order valence-electron chi connectivity index (χ1n) is 5.40. The van der Waals surface area contributed by atoms with Crippen molar-refractivity contribution in [2.75, 3.05) is 17.7 Å². The monoisotopic (exact) mass is 353 g/mol. The molecular weight excluding hydrogens is 341 g/mol. The number of hydrogen-bond donors (Lipinski definition) is 2. The summed E-state index contributed by atoms with van der Waals surface area (Å²) in [5, 5.41) is 5.74. The van der Waals surface area contributed by atoms with Crippen LogP contribution in [0.2, 0.25) is 0 Å². The maximum atomic E-state index is 12.0. The Bertz CT molecular complexity index is 554. The Hall–Kier alpha value is -1.63. The zero-order valence-corrected chi connectivity index (χ0v) is 11.9. The Labute approximate surface area is 119 Å². The molecule has 2 aromatic rings. The van der Waals surface area contributed by atoms with Crippen molar-refractivity contribution < 1.29 is 4.79 Å². The smallest absolute Gasteiger partial charge is 0.255 e. The van der Waals surface area contributed by atoms with E-state index >= 15 is 0 Å². The van der Waals surface area contributed by atoms with Crippen LogP contribution in [-0.2, 0) is 0 Å². The van der Waals surface area contributed by atoms with Crippen LogP contribution in [0.15, 0.2) is 42.6 Å². The van der Waals surface area contributed by atoms with Crippen LogP contribution in [-0.4, -0.2) is 17.9 Å². The number of aromatic nitrogens is 1. The van der Waals surface area contributed by atoms with Gasteiger partial charge in [-0.25, -0.2) is 4.98 Å². The number of halogens is 1. The van der Waals surface area contributed by atoms with E-state index in [1.165, 1.54) is 0 Å². The molecule has 0 spiro atoms. The third kappa shape index (κ3) is 3.19. The molecule has 2 N–H and O–H groups in total. The molecule has 0 aliphatic carbocycles. The van der Waals surface area contributed by atoms with Crippen molar-refractivity contribution in [2.45, 2.75) is 0 Å². The highest BCUT2D eigenvalue weighted by Gasteiger charge is 2.06. The van der Waals surface area contributed by atoms with Gasteiger partial charge in [0.25, 0.3) is 5.91 Å². The fraction of sp³-hybridized carbons (Fsp3) is 0.0769. The zero-order chi connectivity index (χ0) is 13.0. The molecule has 0 atom stereocenters. The molecule has 1 aromatic carbocycles. The second-order valence-corrected chi connectivity index (χ2v) is 4.89. The van der Waals surface area contributed by atoms with Crippen molar-refractivity contribution in [1.82, 2.24) is 4.98 Å². The second-order valence-electron chi connectivity index (χ2n) is 3.64. The van der Waals surface area contributed by atoms with E-state index in [0.717, 1.165) is 9.26 Å². The minimum absolute atomic E-state index is 0.143. The number of hydrogen-bond acceptors (Lipinski definition) is 3. The van der Waals surface area contributed by atoms with Gasteiger partial charge in [-0.1, -0.05) is 0 Å². The number of nitrogens with zero attached hydrogens (tertiary/aromatic N) is 1. The molecule has 0 unspecified atom stereocenters. The SMILES string of the molecule is CNc1cc(C(=O)Nc2ccc(I)cc2)ccn1. The van der Waals surface area contributed by atoms with E-state index in [9.17, 15) is 4.79 Å². The zero-order valence-electron chi connectivity index (χ0n) is 9.77. The van der Waals surface area contributed by atoms with Gasteiger partial charge in [0.1, 0.15) is 5.82 Å². The minimum atomic E-state index is -0.143. The predicted molar refractivity (Wildman–Crippen MR) is 80.9 cm³/mol. The molecule has 0 saturated carbocycles. The number of carbonyl (C=O) groups is 1. The van der Waals surface area contributed by atoms with E-state index in [-0.39, 0.29) is 5.91 Å². The van der Waals surface area contributed by atoms with Crippen LogP contribution >= 0.6 is 22.6 Å². The topological polar surface area (TPSA) is 54.0 Å². The predicted octanol–water partition coefficient (Wildman–Crippen LogP) is 2.98. The lowest BCUT2D eigenvalue weighted by atomic mass is 10.2. The van der Waals surface area contributed by atoms with Crippen LogP contribution in [0.1, 0.15) is 10.4 Å². The maximum Gasteiger partial charge on any atom is 0.255 e. The summed E-state index contributed by atoms with van der Waals surface area (Å²) in [6.45, 7) is 0. The molecule has 1 aromatic heterocycles. The van der Waals surface area contributed by atoms with Gasteiger partial charge in [0, 0.05) is 28.1 Å². The summed E-state index contributed by atoms with van der Waals surface area (Å²) in [6.07, 6.45) is 1.61. The molecule has 2 rings (SSSR count). The Morgan fingerprint density at radius 3 is 2.61 bits per heavy atom. The third-order valence-electron chi connectivity index (χ3n) is 2.38. The molecule has 4 nitrogen and oxygen atoms in total. The highest BCUT2D eigenvalue weighted by molar-refractivity contribution is 14.1. The van der Waals surface area contributed by atoms with Crippen molar-refractivity contribution in [1.29, 1.82) is 0 Å². The minimum Gasteiger partial charge on any atom is -0.373 e. The summed E-state index contributed by atoms with van der Waals surface area (Å²) >= 11 is 2.22. The molecule has 0 aliphatic heterocycles. The first-order chi connectivity index (χ1) is 8.69. The molecule has 0 fully saturated rings. The Kier molecular flexibility index (Phi) is 4.14. The van der Waals surface area contributed by atoms with Crippen LogP contribution in [0.25, 0.3) is 0 Å². The molecule has 5 heteroatoms. The van der Waals surface area contributed by atoms with E-state index in [0.29, 0.717) is 11.4 Å². The van der Waals surface area contributed by atoms with Crippen molar-refractivity contribution in [3.63, 3.8) is 0 Å². The number of amides is 1. The summed E-state index contributed by atoms with van der Waals surface area (Å²) < 4.78 is 1.13. The summed E-state index contributed by atoms with van der Waals surface area (Å²) in [7, 11) is 1.77. The number of nitrogens with one attached hydrogen (secondary N) is 2. The maximum absolute atomic E-state index is 12.0. The lowest BCUT2D eigenvalue weighted by Gasteiger charge is -2.06. The van der Waals surface area contributed by atoms with Gasteiger partial charge in [0.2, 0.25) is 0 Å². The van der Waals surface area contributed by atoms with E-state index in [1.807, 2.05) is 24.3 Å². The van der Waals surface area contributed by atoms with Crippen molar-refractivity contribution in [3.8, 4) is 0 Å². The van der Waals surface area contributed by atoms with Gasteiger partial charge in [0.15, 0.2) is 0 Å². The van der Waals surface area contributed by atoms with E-state index in [1.54, 1.807) is 25.4 Å². The van der Waals surface area contributed by atoms with E-state index in [4.69, 9.17) is 0 Å². The number of pyridine rings is 1. The van der Waals surface area contributed by atoms with Gasteiger partial charge in [-0.3, -0.25) is 4.79 Å². The fourth-order valence-electron chi connectivity index (χ4n) is 1.44. The van der Waals surface area contributed by atoms with Gasteiger partial charge in [-0.15, -0.1) is 0 Å². The van der Waals surface area contributed by atoms with Gasteiger partial charge < -0.3 is 10.6 Å². The first kappa shape index (κ1) is 12.8. The lowest BCUT2D eigenvalue weighted by Crippen LogP contribution is -2.12. The van der Waals surface area contributed by atoms with Gasteiger partial charge in [-0.05, 0) is 59.0 Å². The summed E-state index contributed by atoms with van der Waals surface area (Å²) in [5.41, 5.74) is 1.36. The van der Waals surface area contributed by atoms with E-state index in [2.05, 4.69) is 38.2 Å². The molecule has 18 heavy (non-hydrogen) atoms. The molecule has 1 amide bonds. The average Bonchev–Trinajstić information content (AvgIpc) is 2.41. The largest absolute Gasteiger partial charge is 0.373 e. The fourth-order valence-corrected chi connectivity index (χ4v) is 1.80. The molecule has 1 heterocycles. The molecule has 92 valence electrons. The molecule has 0 radical (unpaired) electrons. The summed E-state index contributed by atoms with van der Waals surface area (Å²) in [4.78, 5) is 16.1.